The smallest absolute Gasteiger partial charge is 0.0197 e. The summed E-state index contributed by atoms with van der Waals surface area (Å²) in [5.41, 5.74) is 0. The van der Waals surface area contributed by atoms with E-state index in [4.69, 9.17) is 0 Å². The van der Waals surface area contributed by atoms with Gasteiger partial charge in [-0.25, -0.2) is 0 Å². The first kappa shape index (κ1) is 14.3. The second kappa shape index (κ2) is 6.91. The molecule has 1 saturated heterocycles. The Labute approximate surface area is 114 Å². The average Bonchev–Trinajstić information content (AvgIpc) is 2.55. The van der Waals surface area contributed by atoms with Gasteiger partial charge < -0.3 is 5.32 Å². The first-order valence-corrected chi connectivity index (χ1v) is 8.12. The van der Waals surface area contributed by atoms with Gasteiger partial charge in [0.15, 0.2) is 0 Å². The third-order valence-corrected chi connectivity index (χ3v) is 4.77. The molecule has 0 aromatic heterocycles. The van der Waals surface area contributed by atoms with E-state index in [0.29, 0.717) is 0 Å². The fourth-order valence-corrected chi connectivity index (χ4v) is 3.69. The number of nitrogens with zero attached hydrogens (tertiary/aromatic N) is 1. The molecule has 0 aromatic carbocycles. The van der Waals surface area contributed by atoms with Crippen LogP contribution < -0.4 is 5.32 Å². The van der Waals surface area contributed by atoms with Gasteiger partial charge in [-0.15, -0.1) is 0 Å². The van der Waals surface area contributed by atoms with Crippen LogP contribution in [-0.2, 0) is 0 Å². The molecule has 2 nitrogen and oxygen atoms in total. The Balaban J connectivity index is 1.86. The van der Waals surface area contributed by atoms with E-state index >= 15 is 0 Å². The standard InChI is InChI=1S/C16H32N2/c1-13(2)11-15-12-18(10-4-9-17-15)16-7-5-14(3)6-8-16/h13-17H,4-12H2,1-3H3. The lowest BCUT2D eigenvalue weighted by Gasteiger charge is -2.37. The van der Waals surface area contributed by atoms with Crippen molar-refractivity contribution in [1.82, 2.24) is 10.2 Å². The zero-order valence-electron chi connectivity index (χ0n) is 12.6. The maximum absolute atomic E-state index is 3.75. The molecular formula is C16H32N2. The highest BCUT2D eigenvalue weighted by Gasteiger charge is 2.27. The van der Waals surface area contributed by atoms with Crippen LogP contribution in [0, 0.1) is 11.8 Å². The van der Waals surface area contributed by atoms with Crippen molar-refractivity contribution < 1.29 is 0 Å². The van der Waals surface area contributed by atoms with Crippen molar-refractivity contribution in [2.24, 2.45) is 11.8 Å². The van der Waals surface area contributed by atoms with Crippen LogP contribution in [0.5, 0.6) is 0 Å². The number of hydrogen-bond acceptors (Lipinski definition) is 2. The summed E-state index contributed by atoms with van der Waals surface area (Å²) in [5.74, 6) is 1.78. The number of hydrogen-bond donors (Lipinski definition) is 1. The number of nitrogens with one attached hydrogen (secondary N) is 1. The highest BCUT2D eigenvalue weighted by atomic mass is 15.2. The first-order chi connectivity index (χ1) is 8.65. The van der Waals surface area contributed by atoms with E-state index in [1.807, 2.05) is 0 Å². The Bertz CT molecular complexity index is 231. The van der Waals surface area contributed by atoms with Gasteiger partial charge in [-0.05, 0) is 63.5 Å². The minimum atomic E-state index is 0.729. The third kappa shape index (κ3) is 4.24. The van der Waals surface area contributed by atoms with Crippen molar-refractivity contribution in [3.8, 4) is 0 Å². The monoisotopic (exact) mass is 252 g/mol. The van der Waals surface area contributed by atoms with E-state index < -0.39 is 0 Å². The van der Waals surface area contributed by atoms with Crippen molar-refractivity contribution >= 4 is 0 Å². The van der Waals surface area contributed by atoms with Gasteiger partial charge in [0.25, 0.3) is 0 Å². The van der Waals surface area contributed by atoms with E-state index in [1.54, 1.807) is 0 Å². The predicted molar refractivity (Wildman–Crippen MR) is 78.9 cm³/mol. The van der Waals surface area contributed by atoms with Gasteiger partial charge in [-0.2, -0.15) is 0 Å². The van der Waals surface area contributed by atoms with Gasteiger partial charge in [0.2, 0.25) is 0 Å². The maximum Gasteiger partial charge on any atom is 0.0197 e. The van der Waals surface area contributed by atoms with Crippen molar-refractivity contribution in [3.05, 3.63) is 0 Å². The maximum atomic E-state index is 3.75. The highest BCUT2D eigenvalue weighted by molar-refractivity contribution is 4.84. The molecular weight excluding hydrogens is 220 g/mol. The fraction of sp³-hybridized carbons (Fsp3) is 1.00. The van der Waals surface area contributed by atoms with Gasteiger partial charge in [0, 0.05) is 18.6 Å². The minimum Gasteiger partial charge on any atom is -0.313 e. The molecule has 1 unspecified atom stereocenters. The quantitative estimate of drug-likeness (QED) is 0.829. The van der Waals surface area contributed by atoms with Crippen molar-refractivity contribution in [1.29, 1.82) is 0 Å². The normalized spacial score (nSPS) is 35.7. The van der Waals surface area contributed by atoms with Crippen LogP contribution >= 0.6 is 0 Å². The van der Waals surface area contributed by atoms with Gasteiger partial charge in [-0.1, -0.05) is 20.8 Å². The summed E-state index contributed by atoms with van der Waals surface area (Å²) >= 11 is 0. The van der Waals surface area contributed by atoms with Crippen LogP contribution in [0.25, 0.3) is 0 Å². The zero-order chi connectivity index (χ0) is 13.0. The first-order valence-electron chi connectivity index (χ1n) is 8.12. The lowest BCUT2D eigenvalue weighted by molar-refractivity contribution is 0.134. The van der Waals surface area contributed by atoms with Crippen molar-refractivity contribution in [2.75, 3.05) is 19.6 Å². The third-order valence-electron chi connectivity index (χ3n) is 4.77. The molecule has 1 heterocycles. The van der Waals surface area contributed by atoms with Crippen LogP contribution in [-0.4, -0.2) is 36.6 Å². The summed E-state index contributed by atoms with van der Waals surface area (Å²) in [6.45, 7) is 10.9. The molecule has 1 saturated carbocycles. The van der Waals surface area contributed by atoms with E-state index in [0.717, 1.165) is 23.9 Å². The molecule has 0 amide bonds. The van der Waals surface area contributed by atoms with E-state index in [1.165, 1.54) is 58.2 Å². The molecule has 1 aliphatic carbocycles. The molecule has 106 valence electrons. The van der Waals surface area contributed by atoms with Gasteiger partial charge in [-0.3, -0.25) is 4.90 Å². The van der Waals surface area contributed by atoms with Gasteiger partial charge in [0.1, 0.15) is 0 Å². The van der Waals surface area contributed by atoms with Gasteiger partial charge >= 0.3 is 0 Å². The summed E-state index contributed by atoms with van der Waals surface area (Å²) < 4.78 is 0. The lowest BCUT2D eigenvalue weighted by Crippen LogP contribution is -2.44. The summed E-state index contributed by atoms with van der Waals surface area (Å²) in [7, 11) is 0. The van der Waals surface area contributed by atoms with Gasteiger partial charge in [0.05, 0.1) is 0 Å². The highest BCUT2D eigenvalue weighted by Crippen LogP contribution is 2.28. The SMILES string of the molecule is CC(C)CC1CN(C2CCC(C)CC2)CCCN1. The largest absolute Gasteiger partial charge is 0.313 e. The zero-order valence-corrected chi connectivity index (χ0v) is 12.6. The van der Waals surface area contributed by atoms with E-state index in [2.05, 4.69) is 31.0 Å². The lowest BCUT2D eigenvalue weighted by atomic mass is 9.86. The number of rotatable bonds is 3. The molecule has 1 aliphatic heterocycles. The predicted octanol–water partition coefficient (Wildman–Crippen LogP) is 3.28. The summed E-state index contributed by atoms with van der Waals surface area (Å²) in [6, 6.07) is 1.61. The van der Waals surface area contributed by atoms with Crippen molar-refractivity contribution in [2.45, 2.75) is 71.4 Å². The molecule has 0 aromatic rings. The second-order valence-corrected chi connectivity index (χ2v) is 7.04. The summed E-state index contributed by atoms with van der Waals surface area (Å²) in [5, 5.41) is 3.75. The molecule has 1 N–H and O–H groups in total. The Hall–Kier alpha value is -0.0800. The second-order valence-electron chi connectivity index (χ2n) is 7.04. The molecule has 2 fully saturated rings. The summed E-state index contributed by atoms with van der Waals surface area (Å²) in [4.78, 5) is 2.80. The Morgan fingerprint density at radius 3 is 2.56 bits per heavy atom. The van der Waals surface area contributed by atoms with Crippen molar-refractivity contribution in [3.63, 3.8) is 0 Å². The molecule has 18 heavy (non-hydrogen) atoms. The van der Waals surface area contributed by atoms with E-state index in [-0.39, 0.29) is 0 Å². The van der Waals surface area contributed by atoms with Crippen LogP contribution in [0.3, 0.4) is 0 Å². The molecule has 2 aliphatic rings. The molecule has 2 heteroatoms. The molecule has 1 atom stereocenters. The molecule has 2 rings (SSSR count). The molecule has 0 spiro atoms. The molecule has 0 radical (unpaired) electrons. The topological polar surface area (TPSA) is 15.3 Å². The average molecular weight is 252 g/mol. The minimum absolute atomic E-state index is 0.729. The van der Waals surface area contributed by atoms with Crippen LogP contribution in [0.4, 0.5) is 0 Å². The van der Waals surface area contributed by atoms with Crippen LogP contribution in [0.1, 0.15) is 59.3 Å². The van der Waals surface area contributed by atoms with E-state index in [9.17, 15) is 0 Å². The summed E-state index contributed by atoms with van der Waals surface area (Å²) in [6.07, 6.45) is 8.44. The molecule has 0 bridgehead atoms. The van der Waals surface area contributed by atoms with Crippen LogP contribution in [0.15, 0.2) is 0 Å². The van der Waals surface area contributed by atoms with Crippen LogP contribution in [0.2, 0.25) is 0 Å². The Morgan fingerprint density at radius 2 is 1.89 bits per heavy atom. The fourth-order valence-electron chi connectivity index (χ4n) is 3.69. The Kier molecular flexibility index (Phi) is 5.50. The Morgan fingerprint density at radius 1 is 1.17 bits per heavy atom.